The van der Waals surface area contributed by atoms with Crippen LogP contribution in [-0.4, -0.2) is 25.7 Å². The molecule has 6 nitrogen and oxygen atoms in total. The molecule has 2 heterocycles. The molecule has 2 rings (SSSR count). The first kappa shape index (κ1) is 13.2. The highest BCUT2D eigenvalue weighted by molar-refractivity contribution is 5.39. The minimum Gasteiger partial charge on any atom is -0.364 e. The minimum absolute atomic E-state index is 0.0589. The van der Waals surface area contributed by atoms with Crippen LogP contribution >= 0.6 is 0 Å². The summed E-state index contributed by atoms with van der Waals surface area (Å²) in [6.45, 7) is 6.82. The first-order valence-corrected chi connectivity index (χ1v) is 6.14. The van der Waals surface area contributed by atoms with Gasteiger partial charge in [-0.25, -0.2) is 0 Å². The Bertz CT molecular complexity index is 520. The van der Waals surface area contributed by atoms with Crippen LogP contribution < -0.4 is 10.6 Å². The first-order chi connectivity index (χ1) is 9.03. The van der Waals surface area contributed by atoms with Crippen LogP contribution in [0.4, 0.5) is 11.8 Å². The fourth-order valence-corrected chi connectivity index (χ4v) is 1.51. The van der Waals surface area contributed by atoms with Gasteiger partial charge in [0.25, 0.3) is 0 Å². The highest BCUT2D eigenvalue weighted by Crippen LogP contribution is 2.11. The molecule has 0 saturated heterocycles. The summed E-state index contributed by atoms with van der Waals surface area (Å²) in [4.78, 5) is 8.41. The van der Waals surface area contributed by atoms with Crippen LogP contribution in [-0.2, 0) is 6.54 Å². The molecule has 0 aliphatic rings. The zero-order valence-corrected chi connectivity index (χ0v) is 11.4. The number of hydrogen-bond acceptors (Lipinski definition) is 6. The predicted octanol–water partition coefficient (Wildman–Crippen LogP) is 2.09. The Labute approximate surface area is 112 Å². The summed E-state index contributed by atoms with van der Waals surface area (Å²) in [7, 11) is 0. The van der Waals surface area contributed by atoms with Gasteiger partial charge in [-0.2, -0.15) is 10.1 Å². The molecule has 0 aromatic carbocycles. The Morgan fingerprint density at radius 2 is 2.05 bits per heavy atom. The van der Waals surface area contributed by atoms with Crippen molar-refractivity contribution in [3.8, 4) is 0 Å². The van der Waals surface area contributed by atoms with Gasteiger partial charge in [0, 0.05) is 24.5 Å². The lowest BCUT2D eigenvalue weighted by Gasteiger charge is -2.20. The van der Waals surface area contributed by atoms with E-state index in [0.29, 0.717) is 18.3 Å². The van der Waals surface area contributed by atoms with Crippen molar-refractivity contribution in [3.63, 3.8) is 0 Å². The molecule has 2 aromatic rings. The van der Waals surface area contributed by atoms with Crippen LogP contribution in [0.5, 0.6) is 0 Å². The number of nitrogens with zero attached hydrogens (tertiary/aromatic N) is 4. The second-order valence-electron chi connectivity index (χ2n) is 5.26. The van der Waals surface area contributed by atoms with Gasteiger partial charge in [0.05, 0.1) is 6.20 Å². The Morgan fingerprint density at radius 1 is 1.21 bits per heavy atom. The van der Waals surface area contributed by atoms with Crippen LogP contribution in [0.15, 0.2) is 30.7 Å². The molecule has 0 saturated carbocycles. The zero-order valence-electron chi connectivity index (χ0n) is 11.4. The average molecular weight is 258 g/mol. The van der Waals surface area contributed by atoms with E-state index in [0.717, 1.165) is 5.56 Å². The van der Waals surface area contributed by atoms with E-state index in [9.17, 15) is 0 Å². The van der Waals surface area contributed by atoms with E-state index in [1.54, 1.807) is 18.6 Å². The van der Waals surface area contributed by atoms with Crippen LogP contribution in [0, 0.1) is 0 Å². The standard InChI is InChI=1S/C13H18N6/c1-13(2,3)18-11-9-16-19-12(17-11)15-8-10-5-4-6-14-7-10/h4-7,9H,8H2,1-3H3,(H2,15,17,18,19). The number of pyridine rings is 1. The lowest BCUT2D eigenvalue weighted by molar-refractivity contribution is 0.629. The number of rotatable bonds is 4. The van der Waals surface area contributed by atoms with Crippen molar-refractivity contribution in [1.82, 2.24) is 20.2 Å². The third-order valence-corrected chi connectivity index (χ3v) is 2.24. The van der Waals surface area contributed by atoms with Gasteiger partial charge in [0.15, 0.2) is 5.82 Å². The van der Waals surface area contributed by atoms with Crippen LogP contribution in [0.1, 0.15) is 26.3 Å². The SMILES string of the molecule is CC(C)(C)Nc1cnnc(NCc2cccnc2)n1. The summed E-state index contributed by atoms with van der Waals surface area (Å²) < 4.78 is 0. The molecular formula is C13H18N6. The molecule has 100 valence electrons. The molecular weight excluding hydrogens is 240 g/mol. The minimum atomic E-state index is -0.0589. The van der Waals surface area contributed by atoms with Crippen molar-refractivity contribution in [2.24, 2.45) is 0 Å². The second-order valence-corrected chi connectivity index (χ2v) is 5.26. The van der Waals surface area contributed by atoms with E-state index in [-0.39, 0.29) is 5.54 Å². The van der Waals surface area contributed by atoms with E-state index in [4.69, 9.17) is 0 Å². The highest BCUT2D eigenvalue weighted by atomic mass is 15.3. The molecule has 0 bridgehead atoms. The van der Waals surface area contributed by atoms with Gasteiger partial charge >= 0.3 is 0 Å². The number of aromatic nitrogens is 4. The van der Waals surface area contributed by atoms with E-state index in [1.807, 2.05) is 12.1 Å². The summed E-state index contributed by atoms with van der Waals surface area (Å²) in [6.07, 6.45) is 5.16. The number of hydrogen-bond donors (Lipinski definition) is 2. The van der Waals surface area contributed by atoms with Crippen molar-refractivity contribution in [1.29, 1.82) is 0 Å². The van der Waals surface area contributed by atoms with Crippen molar-refractivity contribution in [3.05, 3.63) is 36.3 Å². The highest BCUT2D eigenvalue weighted by Gasteiger charge is 2.11. The van der Waals surface area contributed by atoms with Gasteiger partial charge in [-0.15, -0.1) is 5.10 Å². The van der Waals surface area contributed by atoms with Gasteiger partial charge in [0.1, 0.15) is 0 Å². The van der Waals surface area contributed by atoms with Crippen LogP contribution in [0.25, 0.3) is 0 Å². The van der Waals surface area contributed by atoms with E-state index in [2.05, 4.69) is 51.6 Å². The van der Waals surface area contributed by atoms with E-state index in [1.165, 1.54) is 0 Å². The average Bonchev–Trinajstić information content (AvgIpc) is 2.36. The Balaban J connectivity index is 1.99. The van der Waals surface area contributed by atoms with Gasteiger partial charge in [-0.3, -0.25) is 4.98 Å². The Hall–Kier alpha value is -2.24. The lowest BCUT2D eigenvalue weighted by Crippen LogP contribution is -2.27. The maximum atomic E-state index is 4.36. The van der Waals surface area contributed by atoms with Crippen LogP contribution in [0.2, 0.25) is 0 Å². The second kappa shape index (κ2) is 5.60. The van der Waals surface area contributed by atoms with Gasteiger partial charge in [0.2, 0.25) is 5.95 Å². The van der Waals surface area contributed by atoms with Crippen LogP contribution in [0.3, 0.4) is 0 Å². The molecule has 19 heavy (non-hydrogen) atoms. The molecule has 0 amide bonds. The maximum Gasteiger partial charge on any atom is 0.244 e. The molecule has 0 radical (unpaired) electrons. The van der Waals surface area contributed by atoms with E-state index >= 15 is 0 Å². The maximum absolute atomic E-state index is 4.36. The molecule has 0 spiro atoms. The topological polar surface area (TPSA) is 75.6 Å². The van der Waals surface area contributed by atoms with Crippen molar-refractivity contribution >= 4 is 11.8 Å². The summed E-state index contributed by atoms with van der Waals surface area (Å²) in [5.74, 6) is 1.20. The fraction of sp³-hybridized carbons (Fsp3) is 0.385. The smallest absolute Gasteiger partial charge is 0.244 e. The predicted molar refractivity (Wildman–Crippen MR) is 74.8 cm³/mol. The number of anilines is 2. The van der Waals surface area contributed by atoms with Gasteiger partial charge in [-0.1, -0.05) is 6.07 Å². The van der Waals surface area contributed by atoms with Crippen molar-refractivity contribution in [2.75, 3.05) is 10.6 Å². The quantitative estimate of drug-likeness (QED) is 0.874. The third-order valence-electron chi connectivity index (χ3n) is 2.24. The fourth-order valence-electron chi connectivity index (χ4n) is 1.51. The molecule has 2 N–H and O–H groups in total. The zero-order chi connectivity index (χ0) is 13.7. The van der Waals surface area contributed by atoms with Gasteiger partial charge in [-0.05, 0) is 32.4 Å². The summed E-state index contributed by atoms with van der Waals surface area (Å²) in [6, 6.07) is 3.89. The molecule has 0 fully saturated rings. The van der Waals surface area contributed by atoms with Gasteiger partial charge < -0.3 is 10.6 Å². The molecule has 0 aliphatic heterocycles. The third kappa shape index (κ3) is 4.50. The Kier molecular flexibility index (Phi) is 3.89. The molecule has 0 aliphatic carbocycles. The number of nitrogens with one attached hydrogen (secondary N) is 2. The van der Waals surface area contributed by atoms with E-state index < -0.39 is 0 Å². The molecule has 2 aromatic heterocycles. The van der Waals surface area contributed by atoms with Crippen molar-refractivity contribution in [2.45, 2.75) is 32.9 Å². The van der Waals surface area contributed by atoms with Crippen molar-refractivity contribution < 1.29 is 0 Å². The largest absolute Gasteiger partial charge is 0.364 e. The molecule has 0 unspecified atom stereocenters. The lowest BCUT2D eigenvalue weighted by atomic mass is 10.1. The molecule has 0 atom stereocenters. The summed E-state index contributed by atoms with van der Waals surface area (Å²) in [5, 5.41) is 14.3. The monoisotopic (exact) mass is 258 g/mol. The first-order valence-electron chi connectivity index (χ1n) is 6.14. The summed E-state index contributed by atoms with van der Waals surface area (Å²) >= 11 is 0. The normalized spacial score (nSPS) is 11.1. The Morgan fingerprint density at radius 3 is 2.74 bits per heavy atom. The summed E-state index contributed by atoms with van der Waals surface area (Å²) in [5.41, 5.74) is 1.01. The molecule has 6 heteroatoms.